The number of pyridine rings is 2. The first kappa shape index (κ1) is 22.6. The van der Waals surface area contributed by atoms with Crippen molar-refractivity contribution in [2.75, 3.05) is 5.73 Å². The van der Waals surface area contributed by atoms with Crippen molar-refractivity contribution < 1.29 is 14.3 Å². The number of nitrogens with zero attached hydrogens (tertiary/aromatic N) is 4. The number of anilines is 1. The van der Waals surface area contributed by atoms with Gasteiger partial charge in [0.05, 0.1) is 5.56 Å². The summed E-state index contributed by atoms with van der Waals surface area (Å²) in [5, 5.41) is 2.78. The summed E-state index contributed by atoms with van der Waals surface area (Å²) in [6, 6.07) is 15.3. The van der Waals surface area contributed by atoms with Crippen LogP contribution in [0.1, 0.15) is 39.2 Å². The first-order chi connectivity index (χ1) is 16.8. The number of alkyl carbamates (subject to hydrolysis) is 1. The summed E-state index contributed by atoms with van der Waals surface area (Å²) in [4.78, 5) is 25.8. The number of benzene rings is 1. The standard InChI is InChI=1S/C26H28N6O3/c1-26(2,3)35-25(33)29-15-16-6-8-17(9-7-16)32-23(19-5-4-14-28-22(19)27)30-20-12-13-21(31-24(20)32)34-18-10-11-18/h4-9,12-14,18H,10-11,15H2,1-3H3,(H2,27,28)(H,29,33). The fraction of sp³-hybridized carbons (Fsp3) is 0.308. The molecule has 1 amide bonds. The molecule has 3 heterocycles. The molecule has 4 aromatic rings. The predicted molar refractivity (Wildman–Crippen MR) is 133 cm³/mol. The van der Waals surface area contributed by atoms with Gasteiger partial charge in [0.15, 0.2) is 11.5 Å². The number of carbonyl (C=O) groups is 1. The van der Waals surface area contributed by atoms with E-state index in [1.807, 2.05) is 73.9 Å². The van der Waals surface area contributed by atoms with E-state index in [-0.39, 0.29) is 6.10 Å². The number of imidazole rings is 1. The normalized spacial score (nSPS) is 13.6. The smallest absolute Gasteiger partial charge is 0.407 e. The fourth-order valence-electron chi connectivity index (χ4n) is 3.65. The molecule has 0 aliphatic heterocycles. The molecule has 0 atom stereocenters. The second kappa shape index (κ2) is 8.90. The van der Waals surface area contributed by atoms with E-state index < -0.39 is 11.7 Å². The number of nitrogen functional groups attached to an aromatic ring is 1. The Balaban J connectivity index is 1.49. The van der Waals surface area contributed by atoms with Gasteiger partial charge in [0.25, 0.3) is 0 Å². The number of hydrogen-bond donors (Lipinski definition) is 2. The number of ether oxygens (including phenoxy) is 2. The molecule has 3 N–H and O–H groups in total. The first-order valence-electron chi connectivity index (χ1n) is 11.6. The monoisotopic (exact) mass is 472 g/mol. The van der Waals surface area contributed by atoms with Crippen molar-refractivity contribution in [3.05, 3.63) is 60.3 Å². The van der Waals surface area contributed by atoms with Crippen LogP contribution in [0.25, 0.3) is 28.2 Å². The van der Waals surface area contributed by atoms with E-state index >= 15 is 0 Å². The van der Waals surface area contributed by atoms with Crippen LogP contribution in [0.4, 0.5) is 10.6 Å². The quantitative estimate of drug-likeness (QED) is 0.420. The number of hydrogen-bond acceptors (Lipinski definition) is 7. The molecule has 9 heteroatoms. The molecule has 0 unspecified atom stereocenters. The Kier molecular flexibility index (Phi) is 5.76. The van der Waals surface area contributed by atoms with Crippen molar-refractivity contribution in [3.8, 4) is 23.0 Å². The number of rotatable bonds is 6. The number of fused-ring (bicyclic) bond motifs is 1. The second-order valence-corrected chi connectivity index (χ2v) is 9.54. The molecule has 35 heavy (non-hydrogen) atoms. The maximum atomic E-state index is 12.0. The number of nitrogens with one attached hydrogen (secondary N) is 1. The van der Waals surface area contributed by atoms with Gasteiger partial charge in [-0.05, 0) is 69.5 Å². The van der Waals surface area contributed by atoms with Gasteiger partial charge >= 0.3 is 6.09 Å². The third kappa shape index (κ3) is 5.18. The van der Waals surface area contributed by atoms with Crippen molar-refractivity contribution in [1.29, 1.82) is 0 Å². The number of nitrogens with two attached hydrogens (primary N) is 1. The summed E-state index contributed by atoms with van der Waals surface area (Å²) in [5.74, 6) is 1.60. The largest absolute Gasteiger partial charge is 0.474 e. The van der Waals surface area contributed by atoms with E-state index in [1.165, 1.54) is 0 Å². The van der Waals surface area contributed by atoms with Gasteiger partial charge in [0.1, 0.15) is 23.0 Å². The molecule has 1 fully saturated rings. The Morgan fingerprint density at radius 2 is 1.89 bits per heavy atom. The number of carbonyl (C=O) groups excluding carboxylic acids is 1. The van der Waals surface area contributed by atoms with Crippen LogP contribution >= 0.6 is 0 Å². The summed E-state index contributed by atoms with van der Waals surface area (Å²) in [7, 11) is 0. The van der Waals surface area contributed by atoms with Gasteiger partial charge in [-0.15, -0.1) is 0 Å². The molecule has 1 aliphatic rings. The molecule has 9 nitrogen and oxygen atoms in total. The van der Waals surface area contributed by atoms with Crippen LogP contribution in [0.5, 0.6) is 5.88 Å². The summed E-state index contributed by atoms with van der Waals surface area (Å²) >= 11 is 0. The highest BCUT2D eigenvalue weighted by atomic mass is 16.6. The molecule has 5 rings (SSSR count). The zero-order valence-corrected chi connectivity index (χ0v) is 20.0. The van der Waals surface area contributed by atoms with Crippen LogP contribution in [-0.2, 0) is 11.3 Å². The van der Waals surface area contributed by atoms with Gasteiger partial charge in [-0.25, -0.2) is 14.8 Å². The minimum absolute atomic E-state index is 0.238. The Morgan fingerprint density at radius 3 is 2.57 bits per heavy atom. The Hall–Kier alpha value is -4.14. The highest BCUT2D eigenvalue weighted by molar-refractivity contribution is 5.83. The van der Waals surface area contributed by atoms with E-state index in [0.29, 0.717) is 35.3 Å². The van der Waals surface area contributed by atoms with Gasteiger partial charge < -0.3 is 20.5 Å². The molecule has 1 saturated carbocycles. The molecule has 0 radical (unpaired) electrons. The first-order valence-corrected chi connectivity index (χ1v) is 11.6. The van der Waals surface area contributed by atoms with E-state index in [0.717, 1.165) is 29.6 Å². The molecule has 1 aliphatic carbocycles. The second-order valence-electron chi connectivity index (χ2n) is 9.54. The van der Waals surface area contributed by atoms with E-state index in [1.54, 1.807) is 6.20 Å². The minimum Gasteiger partial charge on any atom is -0.474 e. The van der Waals surface area contributed by atoms with Crippen molar-refractivity contribution in [3.63, 3.8) is 0 Å². The van der Waals surface area contributed by atoms with Gasteiger partial charge in [-0.3, -0.25) is 4.57 Å². The topological polar surface area (TPSA) is 117 Å². The molecule has 1 aromatic carbocycles. The molecule has 0 spiro atoms. The SMILES string of the molecule is CC(C)(C)OC(=O)NCc1ccc(-n2c(-c3cccnc3N)nc3ccc(OC4CC4)nc32)cc1. The molecule has 0 bridgehead atoms. The number of aromatic nitrogens is 4. The molecule has 180 valence electrons. The average Bonchev–Trinajstić information content (AvgIpc) is 3.55. The zero-order valence-electron chi connectivity index (χ0n) is 20.0. The van der Waals surface area contributed by atoms with Gasteiger partial charge in [-0.1, -0.05) is 12.1 Å². The van der Waals surface area contributed by atoms with Crippen LogP contribution in [-0.4, -0.2) is 37.3 Å². The third-order valence-corrected chi connectivity index (χ3v) is 5.40. The lowest BCUT2D eigenvalue weighted by Gasteiger charge is -2.19. The highest BCUT2D eigenvalue weighted by Gasteiger charge is 2.25. The maximum absolute atomic E-state index is 12.0. The Morgan fingerprint density at radius 1 is 1.11 bits per heavy atom. The molecular formula is C26H28N6O3. The molecule has 0 saturated heterocycles. The van der Waals surface area contributed by atoms with Crippen LogP contribution in [0.2, 0.25) is 0 Å². The highest BCUT2D eigenvalue weighted by Crippen LogP contribution is 2.32. The predicted octanol–water partition coefficient (Wildman–Crippen LogP) is 4.63. The Labute approximate surface area is 203 Å². The van der Waals surface area contributed by atoms with Crippen LogP contribution in [0, 0.1) is 0 Å². The molecule has 3 aromatic heterocycles. The van der Waals surface area contributed by atoms with E-state index in [4.69, 9.17) is 25.2 Å². The van der Waals surface area contributed by atoms with Gasteiger partial charge in [0, 0.05) is 24.5 Å². The van der Waals surface area contributed by atoms with Crippen molar-refractivity contribution in [2.24, 2.45) is 0 Å². The maximum Gasteiger partial charge on any atom is 0.407 e. The lowest BCUT2D eigenvalue weighted by Crippen LogP contribution is -2.32. The van der Waals surface area contributed by atoms with Crippen molar-refractivity contribution in [1.82, 2.24) is 24.8 Å². The fourth-order valence-corrected chi connectivity index (χ4v) is 3.65. The summed E-state index contributed by atoms with van der Waals surface area (Å²) in [6.45, 7) is 5.84. The van der Waals surface area contributed by atoms with Crippen LogP contribution in [0.3, 0.4) is 0 Å². The van der Waals surface area contributed by atoms with Gasteiger partial charge in [0.2, 0.25) is 5.88 Å². The van der Waals surface area contributed by atoms with Crippen molar-refractivity contribution in [2.45, 2.75) is 51.9 Å². The molecular weight excluding hydrogens is 444 g/mol. The lowest BCUT2D eigenvalue weighted by molar-refractivity contribution is 0.0523. The zero-order chi connectivity index (χ0) is 24.6. The summed E-state index contributed by atoms with van der Waals surface area (Å²) in [5.41, 5.74) is 9.54. The Bertz CT molecular complexity index is 1370. The summed E-state index contributed by atoms with van der Waals surface area (Å²) < 4.78 is 13.2. The average molecular weight is 473 g/mol. The van der Waals surface area contributed by atoms with Gasteiger partial charge in [-0.2, -0.15) is 4.98 Å². The number of amides is 1. The van der Waals surface area contributed by atoms with Crippen LogP contribution < -0.4 is 15.8 Å². The summed E-state index contributed by atoms with van der Waals surface area (Å²) in [6.07, 6.45) is 3.54. The lowest BCUT2D eigenvalue weighted by atomic mass is 10.2. The van der Waals surface area contributed by atoms with E-state index in [2.05, 4.69) is 10.3 Å². The van der Waals surface area contributed by atoms with Crippen molar-refractivity contribution >= 4 is 23.1 Å². The van der Waals surface area contributed by atoms with Crippen LogP contribution in [0.15, 0.2) is 54.7 Å². The third-order valence-electron chi connectivity index (χ3n) is 5.40. The van der Waals surface area contributed by atoms with E-state index in [9.17, 15) is 4.79 Å². The minimum atomic E-state index is -0.546.